The van der Waals surface area contributed by atoms with Crippen molar-refractivity contribution in [3.8, 4) is 5.75 Å². The molecule has 3 heteroatoms. The van der Waals surface area contributed by atoms with E-state index in [4.69, 9.17) is 0 Å². The summed E-state index contributed by atoms with van der Waals surface area (Å²) in [6.45, 7) is 6.05. The zero-order chi connectivity index (χ0) is 14.0. The molecule has 0 aliphatic heterocycles. The van der Waals surface area contributed by atoms with Gasteiger partial charge >= 0.3 is 0 Å². The lowest BCUT2D eigenvalue weighted by Crippen LogP contribution is -2.36. The second kappa shape index (κ2) is 5.31. The van der Waals surface area contributed by atoms with E-state index in [0.717, 1.165) is 5.39 Å². The van der Waals surface area contributed by atoms with Crippen LogP contribution < -0.4 is 5.32 Å². The standard InChI is InChI=1S/C16H19NO2/c1-10(2)11(3)17-16(19)14-9-8-12-6-4-5-7-13(12)15(14)18/h4-11,18H,1-3H3,(H,17,19). The predicted molar refractivity (Wildman–Crippen MR) is 77.4 cm³/mol. The molecule has 1 amide bonds. The number of hydrogen-bond donors (Lipinski definition) is 2. The monoisotopic (exact) mass is 257 g/mol. The van der Waals surface area contributed by atoms with Crippen molar-refractivity contribution >= 4 is 16.7 Å². The van der Waals surface area contributed by atoms with Gasteiger partial charge in [0, 0.05) is 11.4 Å². The number of fused-ring (bicyclic) bond motifs is 1. The molecule has 1 unspecified atom stereocenters. The van der Waals surface area contributed by atoms with Crippen LogP contribution in [0.15, 0.2) is 36.4 Å². The molecular formula is C16H19NO2. The van der Waals surface area contributed by atoms with Crippen LogP contribution in [-0.2, 0) is 0 Å². The second-order valence-electron chi connectivity index (χ2n) is 5.19. The molecule has 0 fully saturated rings. The number of benzene rings is 2. The molecule has 2 rings (SSSR count). The number of phenolic OH excluding ortho intramolecular Hbond substituents is 1. The molecule has 0 radical (unpaired) electrons. The van der Waals surface area contributed by atoms with Crippen molar-refractivity contribution in [2.45, 2.75) is 26.8 Å². The van der Waals surface area contributed by atoms with Gasteiger partial charge in [0.25, 0.3) is 5.91 Å². The van der Waals surface area contributed by atoms with Crippen LogP contribution in [-0.4, -0.2) is 17.1 Å². The normalized spacial score (nSPS) is 12.6. The van der Waals surface area contributed by atoms with Gasteiger partial charge in [0.1, 0.15) is 5.75 Å². The average molecular weight is 257 g/mol. The lowest BCUT2D eigenvalue weighted by atomic mass is 10.0. The highest BCUT2D eigenvalue weighted by Crippen LogP contribution is 2.28. The Labute approximate surface area is 113 Å². The van der Waals surface area contributed by atoms with E-state index in [-0.39, 0.29) is 17.7 Å². The molecule has 3 nitrogen and oxygen atoms in total. The summed E-state index contributed by atoms with van der Waals surface area (Å²) >= 11 is 0. The van der Waals surface area contributed by atoms with Gasteiger partial charge < -0.3 is 10.4 Å². The first-order chi connectivity index (χ1) is 9.00. The summed E-state index contributed by atoms with van der Waals surface area (Å²) in [6, 6.07) is 11.1. The van der Waals surface area contributed by atoms with Crippen molar-refractivity contribution in [3.05, 3.63) is 42.0 Å². The number of carbonyl (C=O) groups excluding carboxylic acids is 1. The highest BCUT2D eigenvalue weighted by molar-refractivity contribution is 6.03. The molecule has 0 spiro atoms. The number of rotatable bonds is 3. The van der Waals surface area contributed by atoms with Gasteiger partial charge in [-0.1, -0.05) is 44.2 Å². The Hall–Kier alpha value is -2.03. The summed E-state index contributed by atoms with van der Waals surface area (Å²) in [5.41, 5.74) is 0.325. The maximum atomic E-state index is 12.2. The summed E-state index contributed by atoms with van der Waals surface area (Å²) in [7, 11) is 0. The van der Waals surface area contributed by atoms with Crippen molar-refractivity contribution in [1.29, 1.82) is 0 Å². The van der Waals surface area contributed by atoms with E-state index in [2.05, 4.69) is 5.32 Å². The molecule has 19 heavy (non-hydrogen) atoms. The molecule has 100 valence electrons. The van der Waals surface area contributed by atoms with Crippen molar-refractivity contribution < 1.29 is 9.90 Å². The predicted octanol–water partition coefficient (Wildman–Crippen LogP) is 3.32. The van der Waals surface area contributed by atoms with Crippen molar-refractivity contribution in [3.63, 3.8) is 0 Å². The number of amides is 1. The lowest BCUT2D eigenvalue weighted by molar-refractivity contribution is 0.0928. The maximum Gasteiger partial charge on any atom is 0.255 e. The maximum absolute atomic E-state index is 12.2. The Kier molecular flexibility index (Phi) is 3.74. The molecule has 2 aromatic rings. The first-order valence-electron chi connectivity index (χ1n) is 6.52. The first-order valence-corrected chi connectivity index (χ1v) is 6.52. The Morgan fingerprint density at radius 3 is 2.47 bits per heavy atom. The van der Waals surface area contributed by atoms with Gasteiger partial charge in [0.15, 0.2) is 0 Å². The molecule has 0 aromatic heterocycles. The molecule has 1 atom stereocenters. The minimum Gasteiger partial charge on any atom is -0.506 e. The van der Waals surface area contributed by atoms with Crippen LogP contribution >= 0.6 is 0 Å². The topological polar surface area (TPSA) is 49.3 Å². The molecular weight excluding hydrogens is 238 g/mol. The molecule has 0 bridgehead atoms. The fourth-order valence-electron chi connectivity index (χ4n) is 1.89. The van der Waals surface area contributed by atoms with Crippen LogP contribution in [0.3, 0.4) is 0 Å². The first kappa shape index (κ1) is 13.4. The number of carbonyl (C=O) groups is 1. The molecule has 2 aromatic carbocycles. The largest absolute Gasteiger partial charge is 0.506 e. The Balaban J connectivity index is 2.35. The molecule has 0 aliphatic rings. The van der Waals surface area contributed by atoms with E-state index in [9.17, 15) is 9.90 Å². The smallest absolute Gasteiger partial charge is 0.255 e. The van der Waals surface area contributed by atoms with Gasteiger partial charge in [-0.3, -0.25) is 4.79 Å². The Morgan fingerprint density at radius 1 is 1.11 bits per heavy atom. The third-order valence-electron chi connectivity index (χ3n) is 3.50. The zero-order valence-corrected chi connectivity index (χ0v) is 11.5. The summed E-state index contributed by atoms with van der Waals surface area (Å²) in [6.07, 6.45) is 0. The summed E-state index contributed by atoms with van der Waals surface area (Å²) in [5.74, 6) is 0.169. The van der Waals surface area contributed by atoms with Crippen LogP contribution in [0.5, 0.6) is 5.75 Å². The fourth-order valence-corrected chi connectivity index (χ4v) is 1.89. The van der Waals surface area contributed by atoms with Gasteiger partial charge in [-0.15, -0.1) is 0 Å². The van der Waals surface area contributed by atoms with Gasteiger partial charge in [-0.2, -0.15) is 0 Å². The molecule has 0 aliphatic carbocycles. The van der Waals surface area contributed by atoms with Crippen LogP contribution in [0.25, 0.3) is 10.8 Å². The van der Waals surface area contributed by atoms with Gasteiger partial charge in [0.05, 0.1) is 5.56 Å². The number of phenols is 1. The molecule has 0 saturated heterocycles. The minimum atomic E-state index is -0.232. The molecule has 0 saturated carbocycles. The average Bonchev–Trinajstić information content (AvgIpc) is 2.39. The highest BCUT2D eigenvalue weighted by Gasteiger charge is 2.16. The molecule has 0 heterocycles. The van der Waals surface area contributed by atoms with Crippen LogP contribution in [0.2, 0.25) is 0 Å². The quantitative estimate of drug-likeness (QED) is 0.886. The number of hydrogen-bond acceptors (Lipinski definition) is 2. The van der Waals surface area contributed by atoms with E-state index in [1.165, 1.54) is 0 Å². The Bertz CT molecular complexity index is 605. The van der Waals surface area contributed by atoms with E-state index in [1.807, 2.05) is 51.1 Å². The van der Waals surface area contributed by atoms with Gasteiger partial charge in [-0.05, 0) is 24.3 Å². The van der Waals surface area contributed by atoms with Crippen molar-refractivity contribution in [2.75, 3.05) is 0 Å². The summed E-state index contributed by atoms with van der Waals surface area (Å²) in [5, 5.41) is 14.7. The van der Waals surface area contributed by atoms with Crippen LogP contribution in [0, 0.1) is 5.92 Å². The minimum absolute atomic E-state index is 0.0477. The summed E-state index contributed by atoms with van der Waals surface area (Å²) < 4.78 is 0. The second-order valence-corrected chi connectivity index (χ2v) is 5.19. The Morgan fingerprint density at radius 2 is 1.79 bits per heavy atom. The van der Waals surface area contributed by atoms with E-state index >= 15 is 0 Å². The van der Waals surface area contributed by atoms with Gasteiger partial charge in [-0.25, -0.2) is 0 Å². The third-order valence-corrected chi connectivity index (χ3v) is 3.50. The van der Waals surface area contributed by atoms with E-state index < -0.39 is 0 Å². The van der Waals surface area contributed by atoms with Crippen LogP contribution in [0.1, 0.15) is 31.1 Å². The summed E-state index contributed by atoms with van der Waals surface area (Å²) in [4.78, 5) is 12.2. The zero-order valence-electron chi connectivity index (χ0n) is 11.5. The third kappa shape index (κ3) is 2.70. The lowest BCUT2D eigenvalue weighted by Gasteiger charge is -2.18. The number of nitrogens with one attached hydrogen (secondary N) is 1. The van der Waals surface area contributed by atoms with E-state index in [1.54, 1.807) is 6.07 Å². The van der Waals surface area contributed by atoms with Crippen LogP contribution in [0.4, 0.5) is 0 Å². The van der Waals surface area contributed by atoms with Crippen molar-refractivity contribution in [1.82, 2.24) is 5.32 Å². The highest BCUT2D eigenvalue weighted by atomic mass is 16.3. The van der Waals surface area contributed by atoms with E-state index in [0.29, 0.717) is 16.9 Å². The van der Waals surface area contributed by atoms with Gasteiger partial charge in [0.2, 0.25) is 0 Å². The van der Waals surface area contributed by atoms with Crippen molar-refractivity contribution in [2.24, 2.45) is 5.92 Å². The molecule has 2 N–H and O–H groups in total. The fraction of sp³-hybridized carbons (Fsp3) is 0.312. The SMILES string of the molecule is CC(C)C(C)NC(=O)c1ccc2ccccc2c1O. The number of aromatic hydroxyl groups is 1.